The molecule has 2 aromatic heterocycles. The Kier molecular flexibility index (Phi) is 5.19. The number of aromatic amines is 1. The summed E-state index contributed by atoms with van der Waals surface area (Å²) in [7, 11) is 1.58. The van der Waals surface area contributed by atoms with Crippen LogP contribution in [0.25, 0.3) is 11.1 Å². The first-order chi connectivity index (χ1) is 15.2. The van der Waals surface area contributed by atoms with E-state index >= 15 is 0 Å². The molecule has 2 aliphatic rings. The molecule has 3 aromatic rings. The van der Waals surface area contributed by atoms with E-state index < -0.39 is 0 Å². The lowest BCUT2D eigenvalue weighted by molar-refractivity contribution is 0.218. The Bertz CT molecular complexity index is 1060. The number of carbonyl (C=O) groups excluding carboxylic acids is 1. The number of H-pyrrole nitrogens is 1. The van der Waals surface area contributed by atoms with Gasteiger partial charge in [0.2, 0.25) is 5.88 Å². The van der Waals surface area contributed by atoms with Gasteiger partial charge in [0.1, 0.15) is 11.6 Å². The van der Waals surface area contributed by atoms with Crippen molar-refractivity contribution in [2.75, 3.05) is 31.7 Å². The molecule has 1 aliphatic heterocycles. The average molecular weight is 419 g/mol. The van der Waals surface area contributed by atoms with Crippen LogP contribution in [-0.4, -0.2) is 52.9 Å². The molecule has 31 heavy (non-hydrogen) atoms. The smallest absolute Gasteiger partial charge is 0.326 e. The van der Waals surface area contributed by atoms with Gasteiger partial charge >= 0.3 is 6.03 Å². The lowest BCUT2D eigenvalue weighted by Crippen LogP contribution is -2.32. The van der Waals surface area contributed by atoms with Crippen molar-refractivity contribution in [3.8, 4) is 22.8 Å². The number of pyridine rings is 1. The summed E-state index contributed by atoms with van der Waals surface area (Å²) in [4.78, 5) is 21.2. The van der Waals surface area contributed by atoms with Crippen molar-refractivity contribution in [2.24, 2.45) is 5.92 Å². The number of aromatic nitrogens is 3. The van der Waals surface area contributed by atoms with Gasteiger partial charge in [-0.3, -0.25) is 10.00 Å². The number of nitrogens with one attached hydrogen (secondary N) is 1. The van der Waals surface area contributed by atoms with Crippen molar-refractivity contribution < 1.29 is 14.3 Å². The Morgan fingerprint density at radius 3 is 2.87 bits per heavy atom. The van der Waals surface area contributed by atoms with E-state index in [1.54, 1.807) is 24.4 Å². The summed E-state index contributed by atoms with van der Waals surface area (Å²) in [5, 5.41) is 6.77. The molecule has 1 aliphatic carbocycles. The van der Waals surface area contributed by atoms with Crippen LogP contribution in [0.2, 0.25) is 0 Å². The minimum absolute atomic E-state index is 0.0603. The second-order valence-electron chi connectivity index (χ2n) is 7.97. The van der Waals surface area contributed by atoms with E-state index in [4.69, 9.17) is 9.47 Å². The monoisotopic (exact) mass is 419 g/mol. The highest BCUT2D eigenvalue weighted by molar-refractivity contribution is 5.93. The maximum atomic E-state index is 13.1. The van der Waals surface area contributed by atoms with Gasteiger partial charge in [0.25, 0.3) is 0 Å². The summed E-state index contributed by atoms with van der Waals surface area (Å²) >= 11 is 0. The van der Waals surface area contributed by atoms with Gasteiger partial charge in [0.05, 0.1) is 19.9 Å². The van der Waals surface area contributed by atoms with Crippen LogP contribution in [-0.2, 0) is 6.54 Å². The van der Waals surface area contributed by atoms with Gasteiger partial charge < -0.3 is 14.4 Å². The number of methoxy groups -OCH3 is 1. The van der Waals surface area contributed by atoms with E-state index in [1.807, 2.05) is 41.3 Å². The Hall–Kier alpha value is -3.55. The zero-order valence-electron chi connectivity index (χ0n) is 17.5. The summed E-state index contributed by atoms with van der Waals surface area (Å²) in [6, 6.07) is 11.7. The number of benzene rings is 1. The third-order valence-electron chi connectivity index (χ3n) is 5.67. The molecule has 0 bridgehead atoms. The summed E-state index contributed by atoms with van der Waals surface area (Å²) in [5.74, 6) is 2.62. The molecule has 2 fully saturated rings. The molecule has 160 valence electrons. The van der Waals surface area contributed by atoms with Gasteiger partial charge in [-0.2, -0.15) is 10.1 Å². The lowest BCUT2D eigenvalue weighted by atomic mass is 10.1. The van der Waals surface area contributed by atoms with Gasteiger partial charge in [-0.15, -0.1) is 0 Å². The van der Waals surface area contributed by atoms with Gasteiger partial charge in [0.15, 0.2) is 0 Å². The van der Waals surface area contributed by atoms with E-state index in [2.05, 4.69) is 15.2 Å². The molecule has 0 unspecified atom stereocenters. The molecule has 0 spiro atoms. The first-order valence-corrected chi connectivity index (χ1v) is 10.5. The maximum Gasteiger partial charge on any atom is 0.326 e. The number of hydrogen-bond donors (Lipinski definition) is 1. The topological polar surface area (TPSA) is 83.6 Å². The van der Waals surface area contributed by atoms with E-state index in [0.29, 0.717) is 37.3 Å². The first-order valence-electron chi connectivity index (χ1n) is 10.5. The highest BCUT2D eigenvalue weighted by atomic mass is 16.5. The molecule has 3 heterocycles. The average Bonchev–Trinajstić information content (AvgIpc) is 3.33. The number of anilines is 1. The Morgan fingerprint density at radius 1 is 1.19 bits per heavy atom. The minimum Gasteiger partial charge on any atom is -0.493 e. The van der Waals surface area contributed by atoms with Crippen LogP contribution in [0.5, 0.6) is 11.6 Å². The summed E-state index contributed by atoms with van der Waals surface area (Å²) in [5.41, 5.74) is 2.77. The molecule has 0 atom stereocenters. The third-order valence-corrected chi connectivity index (χ3v) is 5.67. The van der Waals surface area contributed by atoms with Crippen LogP contribution < -0.4 is 14.4 Å². The molecular weight excluding hydrogens is 394 g/mol. The number of carbonyl (C=O) groups is 1. The van der Waals surface area contributed by atoms with Crippen LogP contribution in [0.3, 0.4) is 0 Å². The van der Waals surface area contributed by atoms with Crippen molar-refractivity contribution in [2.45, 2.75) is 19.4 Å². The van der Waals surface area contributed by atoms with E-state index in [0.717, 1.165) is 29.0 Å². The van der Waals surface area contributed by atoms with Crippen molar-refractivity contribution in [1.82, 2.24) is 20.1 Å². The molecule has 1 aromatic carbocycles. The normalized spacial score (nSPS) is 16.1. The van der Waals surface area contributed by atoms with Crippen LogP contribution >= 0.6 is 0 Å². The van der Waals surface area contributed by atoms with Gasteiger partial charge in [-0.05, 0) is 48.6 Å². The molecule has 5 rings (SSSR count). The van der Waals surface area contributed by atoms with Gasteiger partial charge in [-0.25, -0.2) is 4.79 Å². The number of hydrogen-bond acceptors (Lipinski definition) is 5. The summed E-state index contributed by atoms with van der Waals surface area (Å²) in [6.45, 7) is 2.54. The van der Waals surface area contributed by atoms with Crippen molar-refractivity contribution in [3.63, 3.8) is 0 Å². The Labute approximate surface area is 180 Å². The molecular formula is C23H25N5O3. The zero-order valence-corrected chi connectivity index (χ0v) is 17.5. The molecule has 0 radical (unpaired) electrons. The largest absolute Gasteiger partial charge is 0.493 e. The number of amides is 2. The first kappa shape index (κ1) is 19.4. The summed E-state index contributed by atoms with van der Waals surface area (Å²) < 4.78 is 11.3. The molecule has 8 nitrogen and oxygen atoms in total. The van der Waals surface area contributed by atoms with E-state index in [1.165, 1.54) is 12.8 Å². The predicted octanol–water partition coefficient (Wildman–Crippen LogP) is 3.71. The third kappa shape index (κ3) is 4.19. The summed E-state index contributed by atoms with van der Waals surface area (Å²) in [6.07, 6.45) is 6.02. The second kappa shape index (κ2) is 8.29. The molecule has 2 amide bonds. The standard InChI is InChI=1S/C23H25N5O3/c1-30-22-20(18-12-24-25-13-18)7-8-21(26-22)28-10-9-27(23(28)29)14-17-3-2-4-19(11-17)31-15-16-5-6-16/h2-4,7-8,11-13,16H,5-6,9-10,14-15H2,1H3,(H,24,25). The Morgan fingerprint density at radius 2 is 2.10 bits per heavy atom. The second-order valence-corrected chi connectivity index (χ2v) is 7.97. The van der Waals surface area contributed by atoms with E-state index in [9.17, 15) is 4.79 Å². The van der Waals surface area contributed by atoms with Crippen LogP contribution in [0.1, 0.15) is 18.4 Å². The number of urea groups is 1. The highest BCUT2D eigenvalue weighted by Gasteiger charge is 2.31. The number of nitrogens with zero attached hydrogens (tertiary/aromatic N) is 4. The van der Waals surface area contributed by atoms with E-state index in [-0.39, 0.29) is 6.03 Å². The molecule has 1 saturated carbocycles. The van der Waals surface area contributed by atoms with Crippen molar-refractivity contribution in [3.05, 3.63) is 54.4 Å². The van der Waals surface area contributed by atoms with Crippen LogP contribution in [0, 0.1) is 5.92 Å². The molecule has 1 N–H and O–H groups in total. The highest BCUT2D eigenvalue weighted by Crippen LogP contribution is 2.32. The Balaban J connectivity index is 1.28. The lowest BCUT2D eigenvalue weighted by Gasteiger charge is -2.19. The number of ether oxygens (including phenoxy) is 2. The number of rotatable bonds is 8. The molecule has 8 heteroatoms. The predicted molar refractivity (Wildman–Crippen MR) is 116 cm³/mol. The fraction of sp³-hybridized carbons (Fsp3) is 0.348. The van der Waals surface area contributed by atoms with Crippen molar-refractivity contribution in [1.29, 1.82) is 0 Å². The minimum atomic E-state index is -0.0603. The zero-order chi connectivity index (χ0) is 21.2. The SMILES string of the molecule is COc1nc(N2CCN(Cc3cccc(OCC4CC4)c3)C2=O)ccc1-c1cn[nH]c1. The van der Waals surface area contributed by atoms with Gasteiger partial charge in [0, 0.05) is 37.0 Å². The van der Waals surface area contributed by atoms with Crippen LogP contribution in [0.4, 0.5) is 10.6 Å². The van der Waals surface area contributed by atoms with Crippen molar-refractivity contribution >= 4 is 11.8 Å². The fourth-order valence-corrected chi connectivity index (χ4v) is 3.75. The van der Waals surface area contributed by atoms with Gasteiger partial charge in [-0.1, -0.05) is 12.1 Å². The fourth-order valence-electron chi connectivity index (χ4n) is 3.75. The maximum absolute atomic E-state index is 13.1. The van der Waals surface area contributed by atoms with Crippen LogP contribution in [0.15, 0.2) is 48.8 Å². The quantitative estimate of drug-likeness (QED) is 0.602. The molecule has 1 saturated heterocycles.